The van der Waals surface area contributed by atoms with Crippen LogP contribution in [-0.4, -0.2) is 51.9 Å². The number of carbonyl (C=O) groups is 1. The number of ether oxygens (including phenoxy) is 1. The van der Waals surface area contributed by atoms with Crippen LogP contribution in [0, 0.1) is 0 Å². The van der Waals surface area contributed by atoms with Crippen molar-refractivity contribution >= 4 is 5.97 Å². The number of carboxylic acid groups (broad SMARTS) is 1. The summed E-state index contributed by atoms with van der Waals surface area (Å²) >= 11 is 0. The van der Waals surface area contributed by atoms with E-state index in [1.165, 1.54) is 17.3 Å². The molecule has 1 fully saturated rings. The third-order valence-electron chi connectivity index (χ3n) is 2.94. The largest absolute Gasteiger partial charge is 0.476 e. The zero-order valence-electron chi connectivity index (χ0n) is 10.2. The second kappa shape index (κ2) is 6.46. The predicted octanol–water partition coefficient (Wildman–Crippen LogP) is 0.135. The molecule has 18 heavy (non-hydrogen) atoms. The lowest BCUT2D eigenvalue weighted by molar-refractivity contribution is 0.0690. The number of nitrogens with one attached hydrogen (secondary N) is 1. The molecule has 1 aliphatic rings. The summed E-state index contributed by atoms with van der Waals surface area (Å²) in [6, 6.07) is 0. The average Bonchev–Trinajstić information content (AvgIpc) is 2.98. The van der Waals surface area contributed by atoms with Gasteiger partial charge in [-0.2, -0.15) is 0 Å². The van der Waals surface area contributed by atoms with Crippen LogP contribution in [0.1, 0.15) is 29.8 Å². The molecule has 0 bridgehead atoms. The van der Waals surface area contributed by atoms with E-state index < -0.39 is 5.97 Å². The molecule has 7 heteroatoms. The molecule has 0 amide bonds. The molecule has 1 atom stereocenters. The number of aromatic carboxylic acids is 1. The first-order valence-corrected chi connectivity index (χ1v) is 6.21. The molecule has 100 valence electrons. The highest BCUT2D eigenvalue weighted by Crippen LogP contribution is 2.14. The van der Waals surface area contributed by atoms with Gasteiger partial charge in [0.05, 0.1) is 18.8 Å². The summed E-state index contributed by atoms with van der Waals surface area (Å²) in [5, 5.41) is 19.2. The monoisotopic (exact) mass is 254 g/mol. The van der Waals surface area contributed by atoms with Crippen molar-refractivity contribution in [1.29, 1.82) is 0 Å². The van der Waals surface area contributed by atoms with E-state index in [4.69, 9.17) is 9.84 Å². The maximum Gasteiger partial charge on any atom is 0.358 e. The minimum absolute atomic E-state index is 0.0191. The summed E-state index contributed by atoms with van der Waals surface area (Å²) in [5.74, 6) is -1.05. The molecule has 1 saturated heterocycles. The quantitative estimate of drug-likeness (QED) is 0.672. The van der Waals surface area contributed by atoms with Crippen molar-refractivity contribution in [1.82, 2.24) is 20.3 Å². The van der Waals surface area contributed by atoms with Crippen LogP contribution < -0.4 is 5.32 Å². The average molecular weight is 254 g/mol. The summed E-state index contributed by atoms with van der Waals surface area (Å²) in [7, 11) is 0. The Morgan fingerprint density at radius 1 is 1.61 bits per heavy atom. The van der Waals surface area contributed by atoms with Gasteiger partial charge in [-0.3, -0.25) is 4.68 Å². The van der Waals surface area contributed by atoms with E-state index >= 15 is 0 Å². The van der Waals surface area contributed by atoms with E-state index in [0.717, 1.165) is 32.5 Å². The summed E-state index contributed by atoms with van der Waals surface area (Å²) in [6.45, 7) is 3.16. The number of hydrogen-bond acceptors (Lipinski definition) is 5. The van der Waals surface area contributed by atoms with Crippen LogP contribution >= 0.6 is 0 Å². The van der Waals surface area contributed by atoms with Gasteiger partial charge in [0.25, 0.3) is 0 Å². The molecule has 0 spiro atoms. The van der Waals surface area contributed by atoms with E-state index in [1.807, 2.05) is 0 Å². The van der Waals surface area contributed by atoms with Gasteiger partial charge in [-0.1, -0.05) is 5.21 Å². The second-order valence-corrected chi connectivity index (χ2v) is 4.35. The summed E-state index contributed by atoms with van der Waals surface area (Å²) in [4.78, 5) is 10.6. The lowest BCUT2D eigenvalue weighted by Gasteiger charge is -2.09. The molecule has 0 aromatic carbocycles. The minimum atomic E-state index is -1.05. The molecule has 2 N–H and O–H groups in total. The smallest absolute Gasteiger partial charge is 0.358 e. The van der Waals surface area contributed by atoms with Crippen LogP contribution in [0.3, 0.4) is 0 Å². The molecule has 1 aromatic heterocycles. The van der Waals surface area contributed by atoms with Crippen LogP contribution in [0.4, 0.5) is 0 Å². The lowest BCUT2D eigenvalue weighted by atomic mass is 10.2. The number of aromatic nitrogens is 3. The van der Waals surface area contributed by atoms with Gasteiger partial charge in [-0.05, 0) is 25.8 Å². The Bertz CT molecular complexity index is 387. The fourth-order valence-corrected chi connectivity index (χ4v) is 1.96. The number of hydrogen-bond donors (Lipinski definition) is 2. The van der Waals surface area contributed by atoms with Crippen molar-refractivity contribution in [2.24, 2.45) is 0 Å². The van der Waals surface area contributed by atoms with Crippen molar-refractivity contribution in [3.05, 3.63) is 11.9 Å². The Hall–Kier alpha value is -1.47. The first-order chi connectivity index (χ1) is 8.75. The van der Waals surface area contributed by atoms with Gasteiger partial charge in [0.15, 0.2) is 5.69 Å². The third kappa shape index (κ3) is 3.78. The Balaban J connectivity index is 1.58. The zero-order chi connectivity index (χ0) is 12.8. The van der Waals surface area contributed by atoms with Gasteiger partial charge in [-0.15, -0.1) is 5.10 Å². The molecule has 1 aromatic rings. The van der Waals surface area contributed by atoms with Crippen LogP contribution in [-0.2, 0) is 11.3 Å². The highest BCUT2D eigenvalue weighted by Gasteiger charge is 2.14. The standard InChI is InChI=1S/C11H18N4O3/c16-11(17)10-8-15(14-13-10)6-5-12-4-3-9-2-1-7-18-9/h8-9,12H,1-7H2,(H,16,17). The van der Waals surface area contributed by atoms with Crippen molar-refractivity contribution in [3.8, 4) is 0 Å². The topological polar surface area (TPSA) is 89.3 Å². The first kappa shape index (κ1) is 13.0. The highest BCUT2D eigenvalue weighted by atomic mass is 16.5. The second-order valence-electron chi connectivity index (χ2n) is 4.35. The minimum Gasteiger partial charge on any atom is -0.476 e. The normalized spacial score (nSPS) is 19.2. The van der Waals surface area contributed by atoms with Crippen LogP contribution in [0.5, 0.6) is 0 Å². The Labute approximate surface area is 105 Å². The van der Waals surface area contributed by atoms with E-state index in [1.54, 1.807) is 0 Å². The van der Waals surface area contributed by atoms with Crippen molar-refractivity contribution in [3.63, 3.8) is 0 Å². The van der Waals surface area contributed by atoms with Crippen molar-refractivity contribution < 1.29 is 14.6 Å². The van der Waals surface area contributed by atoms with Gasteiger partial charge in [-0.25, -0.2) is 4.79 Å². The zero-order valence-corrected chi connectivity index (χ0v) is 10.2. The molecule has 2 heterocycles. The molecule has 1 unspecified atom stereocenters. The van der Waals surface area contributed by atoms with E-state index in [0.29, 0.717) is 12.6 Å². The fourth-order valence-electron chi connectivity index (χ4n) is 1.96. The summed E-state index contributed by atoms with van der Waals surface area (Å²) in [6.07, 6.45) is 5.19. The number of rotatable bonds is 7. The van der Waals surface area contributed by atoms with E-state index in [2.05, 4.69) is 15.6 Å². The van der Waals surface area contributed by atoms with Gasteiger partial charge >= 0.3 is 5.97 Å². The Morgan fingerprint density at radius 3 is 3.17 bits per heavy atom. The van der Waals surface area contributed by atoms with Gasteiger partial charge in [0.2, 0.25) is 0 Å². The molecule has 0 saturated carbocycles. The van der Waals surface area contributed by atoms with Crippen LogP contribution in [0.2, 0.25) is 0 Å². The maximum absolute atomic E-state index is 10.6. The maximum atomic E-state index is 10.6. The fraction of sp³-hybridized carbons (Fsp3) is 0.727. The molecule has 2 rings (SSSR count). The first-order valence-electron chi connectivity index (χ1n) is 6.21. The summed E-state index contributed by atoms with van der Waals surface area (Å²) < 4.78 is 7.04. The molecule has 0 radical (unpaired) electrons. The predicted molar refractivity (Wildman–Crippen MR) is 63.4 cm³/mol. The molecular weight excluding hydrogens is 236 g/mol. The molecule has 1 aliphatic heterocycles. The molecule has 0 aliphatic carbocycles. The number of carboxylic acids is 1. The molecular formula is C11H18N4O3. The molecule has 7 nitrogen and oxygen atoms in total. The number of nitrogens with zero attached hydrogens (tertiary/aromatic N) is 3. The van der Waals surface area contributed by atoms with Gasteiger partial charge in [0.1, 0.15) is 0 Å². The Kier molecular flexibility index (Phi) is 4.66. The third-order valence-corrected chi connectivity index (χ3v) is 2.94. The Morgan fingerprint density at radius 2 is 2.50 bits per heavy atom. The van der Waals surface area contributed by atoms with Crippen molar-refractivity contribution in [2.45, 2.75) is 31.9 Å². The van der Waals surface area contributed by atoms with Gasteiger partial charge < -0.3 is 15.2 Å². The lowest BCUT2D eigenvalue weighted by Crippen LogP contribution is -2.24. The van der Waals surface area contributed by atoms with Crippen LogP contribution in [0.15, 0.2) is 6.20 Å². The highest BCUT2D eigenvalue weighted by molar-refractivity contribution is 5.84. The summed E-state index contributed by atoms with van der Waals surface area (Å²) in [5.41, 5.74) is -0.0191. The van der Waals surface area contributed by atoms with E-state index in [9.17, 15) is 4.79 Å². The van der Waals surface area contributed by atoms with E-state index in [-0.39, 0.29) is 5.69 Å². The SMILES string of the molecule is O=C(O)c1cn(CCNCCC2CCCO2)nn1. The van der Waals surface area contributed by atoms with Gasteiger partial charge in [0, 0.05) is 13.2 Å². The van der Waals surface area contributed by atoms with Crippen molar-refractivity contribution in [2.75, 3.05) is 19.7 Å². The van der Waals surface area contributed by atoms with Crippen LogP contribution in [0.25, 0.3) is 0 Å².